The minimum atomic E-state index is 0.0839. The van der Waals surface area contributed by atoms with E-state index >= 15 is 0 Å². The van der Waals surface area contributed by atoms with Gasteiger partial charge in [0.05, 0.1) is 12.0 Å². The van der Waals surface area contributed by atoms with Gasteiger partial charge >= 0.3 is 0 Å². The molecule has 1 aromatic carbocycles. The summed E-state index contributed by atoms with van der Waals surface area (Å²) >= 11 is 0. The van der Waals surface area contributed by atoms with Gasteiger partial charge in [-0.2, -0.15) is 0 Å². The molecule has 0 radical (unpaired) electrons. The van der Waals surface area contributed by atoms with Gasteiger partial charge in [0.25, 0.3) is 0 Å². The van der Waals surface area contributed by atoms with Crippen LogP contribution < -0.4 is 10.6 Å². The molecule has 0 aromatic heterocycles. The summed E-state index contributed by atoms with van der Waals surface area (Å²) in [4.78, 5) is 12.1. The Morgan fingerprint density at radius 3 is 2.89 bits per heavy atom. The number of nitrogens with one attached hydrogen (secondary N) is 2. The van der Waals surface area contributed by atoms with E-state index in [0.29, 0.717) is 0 Å². The van der Waals surface area contributed by atoms with Crippen molar-refractivity contribution in [3.8, 4) is 0 Å². The Hall–Kier alpha value is -1.35. The van der Waals surface area contributed by atoms with Crippen molar-refractivity contribution in [1.29, 1.82) is 0 Å². The lowest BCUT2D eigenvalue weighted by molar-refractivity contribution is -0.126. The Labute approximate surface area is 109 Å². The quantitative estimate of drug-likeness (QED) is 0.858. The van der Waals surface area contributed by atoms with E-state index < -0.39 is 0 Å². The van der Waals surface area contributed by atoms with Crippen LogP contribution in [0.2, 0.25) is 0 Å². The number of amides is 1. The van der Waals surface area contributed by atoms with Crippen LogP contribution in [0, 0.1) is 12.8 Å². The predicted molar refractivity (Wildman–Crippen MR) is 73.3 cm³/mol. The summed E-state index contributed by atoms with van der Waals surface area (Å²) in [5, 5.41) is 6.41. The second kappa shape index (κ2) is 6.01. The number of hydrogen-bond donors (Lipinski definition) is 2. The molecule has 18 heavy (non-hydrogen) atoms. The summed E-state index contributed by atoms with van der Waals surface area (Å²) in [6, 6.07) is 8.30. The lowest BCUT2D eigenvalue weighted by Crippen LogP contribution is -2.41. The van der Waals surface area contributed by atoms with Crippen molar-refractivity contribution in [2.75, 3.05) is 13.1 Å². The van der Waals surface area contributed by atoms with Gasteiger partial charge in [-0.1, -0.05) is 24.3 Å². The maximum atomic E-state index is 12.1. The molecule has 98 valence electrons. The topological polar surface area (TPSA) is 41.1 Å². The zero-order chi connectivity index (χ0) is 13.0. The molecule has 0 spiro atoms. The Bertz CT molecular complexity index is 411. The van der Waals surface area contributed by atoms with Crippen LogP contribution in [0.1, 0.15) is 36.9 Å². The summed E-state index contributed by atoms with van der Waals surface area (Å²) in [5.41, 5.74) is 2.43. The Balaban J connectivity index is 1.96. The molecule has 2 N–H and O–H groups in total. The number of hydrogen-bond acceptors (Lipinski definition) is 2. The Morgan fingerprint density at radius 1 is 1.44 bits per heavy atom. The first-order valence-corrected chi connectivity index (χ1v) is 6.75. The molecule has 1 saturated heterocycles. The first-order chi connectivity index (χ1) is 8.68. The largest absolute Gasteiger partial charge is 0.349 e. The van der Waals surface area contributed by atoms with Crippen molar-refractivity contribution in [3.05, 3.63) is 35.4 Å². The van der Waals surface area contributed by atoms with Crippen molar-refractivity contribution in [3.63, 3.8) is 0 Å². The average molecular weight is 246 g/mol. The van der Waals surface area contributed by atoms with Crippen LogP contribution in [0.4, 0.5) is 0 Å². The number of piperidine rings is 1. The molecular weight excluding hydrogens is 224 g/mol. The van der Waals surface area contributed by atoms with Crippen molar-refractivity contribution in [1.82, 2.24) is 10.6 Å². The molecule has 1 fully saturated rings. The summed E-state index contributed by atoms with van der Waals surface area (Å²) in [6.07, 6.45) is 2.09. The number of benzene rings is 1. The molecule has 1 aliphatic rings. The van der Waals surface area contributed by atoms with Crippen molar-refractivity contribution in [2.45, 2.75) is 32.7 Å². The standard InChI is InChI=1S/C15H22N2O/c1-11-6-3-4-8-14(11)12(2)17-15(18)13-7-5-9-16-10-13/h3-4,6,8,12-13,16H,5,7,9-10H2,1-2H3,(H,17,18)/t12-,13-/m1/s1. The predicted octanol–water partition coefficient (Wildman–Crippen LogP) is 2.17. The highest BCUT2D eigenvalue weighted by molar-refractivity contribution is 5.79. The van der Waals surface area contributed by atoms with Crippen LogP contribution in [0.25, 0.3) is 0 Å². The van der Waals surface area contributed by atoms with Crippen LogP contribution >= 0.6 is 0 Å². The monoisotopic (exact) mass is 246 g/mol. The summed E-state index contributed by atoms with van der Waals surface area (Å²) in [5.74, 6) is 0.308. The summed E-state index contributed by atoms with van der Waals surface area (Å²) in [7, 11) is 0. The maximum Gasteiger partial charge on any atom is 0.224 e. The van der Waals surface area contributed by atoms with Gasteiger partial charge < -0.3 is 10.6 Å². The highest BCUT2D eigenvalue weighted by atomic mass is 16.1. The minimum absolute atomic E-state index is 0.0839. The first-order valence-electron chi connectivity index (χ1n) is 6.75. The van der Waals surface area contributed by atoms with Crippen LogP contribution in [0.3, 0.4) is 0 Å². The third-order valence-electron chi connectivity index (χ3n) is 3.68. The van der Waals surface area contributed by atoms with Gasteiger partial charge in [0, 0.05) is 6.54 Å². The Kier molecular flexibility index (Phi) is 4.37. The van der Waals surface area contributed by atoms with E-state index in [-0.39, 0.29) is 17.9 Å². The molecule has 3 heteroatoms. The summed E-state index contributed by atoms with van der Waals surface area (Å²) < 4.78 is 0. The molecule has 1 heterocycles. The maximum absolute atomic E-state index is 12.1. The van der Waals surface area contributed by atoms with Gasteiger partial charge in [0.2, 0.25) is 5.91 Å². The average Bonchev–Trinajstić information content (AvgIpc) is 2.40. The van der Waals surface area contributed by atoms with Gasteiger partial charge in [0.1, 0.15) is 0 Å². The smallest absolute Gasteiger partial charge is 0.224 e. The fourth-order valence-electron chi connectivity index (χ4n) is 2.56. The lowest BCUT2D eigenvalue weighted by atomic mass is 9.97. The van der Waals surface area contributed by atoms with Crippen LogP contribution in [0.15, 0.2) is 24.3 Å². The molecule has 3 nitrogen and oxygen atoms in total. The molecule has 1 amide bonds. The fraction of sp³-hybridized carbons (Fsp3) is 0.533. The third kappa shape index (κ3) is 3.10. The normalized spacial score (nSPS) is 21.3. The third-order valence-corrected chi connectivity index (χ3v) is 3.68. The van der Waals surface area contributed by atoms with Crippen LogP contribution in [-0.4, -0.2) is 19.0 Å². The van der Waals surface area contributed by atoms with E-state index in [1.807, 2.05) is 12.1 Å². The van der Waals surface area contributed by atoms with Gasteiger partial charge in [-0.05, 0) is 44.4 Å². The zero-order valence-corrected chi connectivity index (χ0v) is 11.2. The van der Waals surface area contributed by atoms with E-state index in [1.165, 1.54) is 11.1 Å². The van der Waals surface area contributed by atoms with Gasteiger partial charge in [-0.15, -0.1) is 0 Å². The SMILES string of the molecule is Cc1ccccc1[C@@H](C)NC(=O)[C@@H]1CCCNC1. The van der Waals surface area contributed by atoms with Crippen molar-refractivity contribution >= 4 is 5.91 Å². The molecular formula is C15H22N2O. The van der Waals surface area contributed by atoms with Crippen molar-refractivity contribution in [2.24, 2.45) is 5.92 Å². The molecule has 0 unspecified atom stereocenters. The highest BCUT2D eigenvalue weighted by Gasteiger charge is 2.22. The number of carbonyl (C=O) groups excluding carboxylic acids is 1. The fourth-order valence-corrected chi connectivity index (χ4v) is 2.56. The van der Waals surface area contributed by atoms with Gasteiger partial charge in [-0.3, -0.25) is 4.79 Å². The highest BCUT2D eigenvalue weighted by Crippen LogP contribution is 2.18. The van der Waals surface area contributed by atoms with Gasteiger partial charge in [0.15, 0.2) is 0 Å². The van der Waals surface area contributed by atoms with Gasteiger partial charge in [-0.25, -0.2) is 0 Å². The number of rotatable bonds is 3. The van der Waals surface area contributed by atoms with Crippen LogP contribution in [-0.2, 0) is 4.79 Å². The van der Waals surface area contributed by atoms with Crippen molar-refractivity contribution < 1.29 is 4.79 Å². The lowest BCUT2D eigenvalue weighted by Gasteiger charge is -2.24. The first kappa shape index (κ1) is 13.1. The minimum Gasteiger partial charge on any atom is -0.349 e. The van der Waals surface area contributed by atoms with E-state index in [1.54, 1.807) is 0 Å². The molecule has 2 atom stereocenters. The summed E-state index contributed by atoms with van der Waals surface area (Å²) in [6.45, 7) is 5.99. The molecule has 1 aliphatic heterocycles. The molecule has 1 aromatic rings. The second-order valence-corrected chi connectivity index (χ2v) is 5.13. The van der Waals surface area contributed by atoms with Crippen LogP contribution in [0.5, 0.6) is 0 Å². The molecule has 0 saturated carbocycles. The van der Waals surface area contributed by atoms with E-state index in [4.69, 9.17) is 0 Å². The number of aryl methyl sites for hydroxylation is 1. The Morgan fingerprint density at radius 2 is 2.22 bits per heavy atom. The molecule has 2 rings (SSSR count). The second-order valence-electron chi connectivity index (χ2n) is 5.13. The van der Waals surface area contributed by atoms with E-state index in [0.717, 1.165) is 25.9 Å². The van der Waals surface area contributed by atoms with E-state index in [9.17, 15) is 4.79 Å². The molecule has 0 aliphatic carbocycles. The molecule has 0 bridgehead atoms. The number of carbonyl (C=O) groups is 1. The zero-order valence-electron chi connectivity index (χ0n) is 11.2. The van der Waals surface area contributed by atoms with E-state index in [2.05, 4.69) is 36.6 Å².